The average Bonchev–Trinajstić information content (AvgIpc) is 1.65. The van der Waals surface area contributed by atoms with E-state index in [0.29, 0.717) is 6.92 Å². The van der Waals surface area contributed by atoms with Gasteiger partial charge in [0.1, 0.15) is 0 Å². The van der Waals surface area contributed by atoms with Crippen LogP contribution in [0.15, 0.2) is 0 Å². The summed E-state index contributed by atoms with van der Waals surface area (Å²) in [6.07, 6.45) is -2.29. The van der Waals surface area contributed by atoms with Gasteiger partial charge in [-0.25, -0.2) is 13.2 Å². The molecule has 0 N–H and O–H groups in total. The van der Waals surface area contributed by atoms with Crippen molar-refractivity contribution >= 4 is 9.04 Å². The molecule has 0 amide bonds. The minimum atomic E-state index is -3.58. The van der Waals surface area contributed by atoms with Crippen molar-refractivity contribution in [2.45, 2.75) is 25.2 Å². The smallest absolute Gasteiger partial charge is 0.295 e. The van der Waals surface area contributed by atoms with Gasteiger partial charge in [-0.15, -0.1) is 0 Å². The van der Waals surface area contributed by atoms with Gasteiger partial charge in [0.25, 0.3) is 5.55 Å². The van der Waals surface area contributed by atoms with Crippen LogP contribution in [0.4, 0.5) is 13.2 Å². The SMILES string of the molecule is CC(F)C(F)(F)[SiH](C)[O]. The fourth-order valence-electron chi connectivity index (χ4n) is 0.323. The molecule has 0 aromatic rings. The average molecular weight is 157 g/mol. The van der Waals surface area contributed by atoms with Crippen LogP contribution in [-0.2, 0) is 4.80 Å². The third-order valence-electron chi connectivity index (χ3n) is 1.07. The number of hydrogen-bond acceptors (Lipinski definition) is 0. The monoisotopic (exact) mass is 157 g/mol. The quantitative estimate of drug-likeness (QED) is 0.538. The van der Waals surface area contributed by atoms with Gasteiger partial charge in [-0.1, -0.05) is 0 Å². The first-order valence-electron chi connectivity index (χ1n) is 2.56. The zero-order valence-corrected chi connectivity index (χ0v) is 6.35. The molecule has 0 bridgehead atoms. The molecule has 0 heterocycles. The molecule has 0 aromatic heterocycles. The van der Waals surface area contributed by atoms with Crippen LogP contribution in [0.2, 0.25) is 6.55 Å². The van der Waals surface area contributed by atoms with Crippen LogP contribution in [0.5, 0.6) is 0 Å². The Balaban J connectivity index is 4.01. The van der Waals surface area contributed by atoms with E-state index in [1.54, 1.807) is 0 Å². The van der Waals surface area contributed by atoms with Gasteiger partial charge in [0.05, 0.1) is 0 Å². The summed E-state index contributed by atoms with van der Waals surface area (Å²) in [5.74, 6) is 0. The number of rotatable bonds is 2. The lowest BCUT2D eigenvalue weighted by molar-refractivity contribution is -0.00667. The summed E-state index contributed by atoms with van der Waals surface area (Å²) in [6.45, 7) is 1.59. The third kappa shape index (κ3) is 1.98. The standard InChI is InChI=1S/C4H8F3OSi/c1-3(5)4(6,7)9(2)8/h3,9H,1-2H3. The van der Waals surface area contributed by atoms with Crippen LogP contribution in [0, 0.1) is 0 Å². The molecule has 0 rings (SSSR count). The summed E-state index contributed by atoms with van der Waals surface area (Å²) in [4.78, 5) is 10.1. The first kappa shape index (κ1) is 8.97. The van der Waals surface area contributed by atoms with Crippen molar-refractivity contribution in [2.24, 2.45) is 0 Å². The maximum Gasteiger partial charge on any atom is 0.300 e. The van der Waals surface area contributed by atoms with Crippen molar-refractivity contribution in [1.29, 1.82) is 0 Å². The Morgan fingerprint density at radius 1 is 1.56 bits per heavy atom. The van der Waals surface area contributed by atoms with Crippen LogP contribution in [0.25, 0.3) is 0 Å². The Morgan fingerprint density at radius 3 is 1.89 bits per heavy atom. The summed E-state index contributed by atoms with van der Waals surface area (Å²) >= 11 is 0. The summed E-state index contributed by atoms with van der Waals surface area (Å²) < 4.78 is 35.9. The second-order valence-electron chi connectivity index (χ2n) is 1.93. The first-order valence-corrected chi connectivity index (χ1v) is 4.77. The molecule has 0 aliphatic heterocycles. The van der Waals surface area contributed by atoms with E-state index in [1.807, 2.05) is 0 Å². The van der Waals surface area contributed by atoms with Crippen LogP contribution >= 0.6 is 0 Å². The van der Waals surface area contributed by atoms with Gasteiger partial charge >= 0.3 is 9.04 Å². The third-order valence-corrected chi connectivity index (χ3v) is 2.62. The Kier molecular flexibility index (Phi) is 2.69. The molecular formula is C4H8F3OSi. The lowest BCUT2D eigenvalue weighted by Crippen LogP contribution is -2.41. The molecule has 1 nitrogen and oxygen atoms in total. The minimum absolute atomic E-state index is 0.710. The maximum atomic E-state index is 12.0. The largest absolute Gasteiger partial charge is 0.300 e. The predicted molar refractivity (Wildman–Crippen MR) is 29.2 cm³/mol. The van der Waals surface area contributed by atoms with E-state index in [-0.39, 0.29) is 0 Å². The van der Waals surface area contributed by atoms with Gasteiger partial charge in [0, 0.05) is 0 Å². The van der Waals surface area contributed by atoms with Crippen LogP contribution < -0.4 is 0 Å². The number of halogens is 3. The molecule has 2 unspecified atom stereocenters. The minimum Gasteiger partial charge on any atom is -0.295 e. The molecule has 0 saturated carbocycles. The van der Waals surface area contributed by atoms with Gasteiger partial charge in [0.2, 0.25) is 0 Å². The molecule has 0 fully saturated rings. The molecule has 9 heavy (non-hydrogen) atoms. The summed E-state index contributed by atoms with van der Waals surface area (Å²) in [7, 11) is -3.40. The van der Waals surface area contributed by atoms with E-state index in [0.717, 1.165) is 6.55 Å². The van der Waals surface area contributed by atoms with E-state index in [1.165, 1.54) is 0 Å². The van der Waals surface area contributed by atoms with Gasteiger partial charge in [-0.2, -0.15) is 0 Å². The van der Waals surface area contributed by atoms with E-state index >= 15 is 0 Å². The molecule has 5 heteroatoms. The molecule has 2 atom stereocenters. The molecule has 0 spiro atoms. The van der Waals surface area contributed by atoms with Crippen molar-refractivity contribution in [3.05, 3.63) is 0 Å². The summed E-state index contributed by atoms with van der Waals surface area (Å²) in [5, 5.41) is 0. The van der Waals surface area contributed by atoms with Gasteiger partial charge in [-0.05, 0) is 13.5 Å². The Hall–Kier alpha value is -0.0331. The highest BCUT2D eigenvalue weighted by molar-refractivity contribution is 6.51. The van der Waals surface area contributed by atoms with Crippen LogP contribution in [0.1, 0.15) is 6.92 Å². The lowest BCUT2D eigenvalue weighted by atomic mass is 10.5. The molecule has 1 radical (unpaired) electrons. The number of alkyl halides is 3. The van der Waals surface area contributed by atoms with Gasteiger partial charge in [-0.3, -0.25) is 4.80 Å². The Bertz CT molecular complexity index is 83.8. The Labute approximate surface area is 53.2 Å². The molecule has 0 aliphatic rings. The topological polar surface area (TPSA) is 19.9 Å². The van der Waals surface area contributed by atoms with Gasteiger partial charge < -0.3 is 0 Å². The molecule has 0 saturated heterocycles. The van der Waals surface area contributed by atoms with Crippen molar-refractivity contribution < 1.29 is 18.0 Å². The normalized spacial score (nSPS) is 19.3. The second-order valence-corrected chi connectivity index (χ2v) is 3.99. The summed E-state index contributed by atoms with van der Waals surface area (Å²) in [5.41, 5.74) is -3.58. The van der Waals surface area contributed by atoms with E-state index in [9.17, 15) is 18.0 Å². The fourth-order valence-corrected chi connectivity index (χ4v) is 0.970. The van der Waals surface area contributed by atoms with E-state index < -0.39 is 20.8 Å². The van der Waals surface area contributed by atoms with Crippen molar-refractivity contribution in [1.82, 2.24) is 0 Å². The molecular weight excluding hydrogens is 149 g/mol. The van der Waals surface area contributed by atoms with E-state index in [4.69, 9.17) is 0 Å². The highest BCUT2D eigenvalue weighted by Crippen LogP contribution is 2.23. The molecule has 0 aromatic carbocycles. The highest BCUT2D eigenvalue weighted by atomic mass is 28.3. The zero-order chi connectivity index (χ0) is 7.65. The summed E-state index contributed by atoms with van der Waals surface area (Å²) in [6, 6.07) is 0. The highest BCUT2D eigenvalue weighted by Gasteiger charge is 2.44. The first-order chi connectivity index (χ1) is 3.89. The lowest BCUT2D eigenvalue weighted by Gasteiger charge is -2.16. The second kappa shape index (κ2) is 2.70. The van der Waals surface area contributed by atoms with Gasteiger partial charge in [0.15, 0.2) is 6.17 Å². The van der Waals surface area contributed by atoms with Crippen molar-refractivity contribution in [2.75, 3.05) is 0 Å². The maximum absolute atomic E-state index is 12.0. The van der Waals surface area contributed by atoms with Crippen molar-refractivity contribution in [3.8, 4) is 0 Å². The predicted octanol–water partition coefficient (Wildman–Crippen LogP) is 1.30. The van der Waals surface area contributed by atoms with E-state index in [2.05, 4.69) is 0 Å². The van der Waals surface area contributed by atoms with Crippen LogP contribution in [-0.4, -0.2) is 20.8 Å². The van der Waals surface area contributed by atoms with Crippen LogP contribution in [0.3, 0.4) is 0 Å². The zero-order valence-electron chi connectivity index (χ0n) is 5.20. The van der Waals surface area contributed by atoms with Crippen molar-refractivity contribution in [3.63, 3.8) is 0 Å². The fraction of sp³-hybridized carbons (Fsp3) is 1.00. The number of hydrogen-bond donors (Lipinski definition) is 0. The molecule has 0 aliphatic carbocycles. The Morgan fingerprint density at radius 2 is 1.89 bits per heavy atom. The molecule has 55 valence electrons.